The molecule has 118 valence electrons. The standard InChI is InChI=1S/C15H14F3NO2S/c1-10-5-3-8-14(11(10)2)19-22(20,21)13-7-4-6-12(9-13)15(16,17)18/h3-9,19H,1-2H3. The molecule has 0 heterocycles. The van der Waals surface area contributed by atoms with Crippen molar-refractivity contribution in [3.05, 3.63) is 59.2 Å². The third-order valence-electron chi connectivity index (χ3n) is 3.32. The second-order valence-corrected chi connectivity index (χ2v) is 6.56. The van der Waals surface area contributed by atoms with Gasteiger partial charge in [0.05, 0.1) is 16.1 Å². The molecule has 3 nitrogen and oxygen atoms in total. The number of anilines is 1. The molecule has 0 radical (unpaired) electrons. The fourth-order valence-corrected chi connectivity index (χ4v) is 3.07. The van der Waals surface area contributed by atoms with Crippen LogP contribution in [-0.4, -0.2) is 8.42 Å². The topological polar surface area (TPSA) is 46.2 Å². The second kappa shape index (κ2) is 5.64. The second-order valence-electron chi connectivity index (χ2n) is 4.88. The normalized spacial score (nSPS) is 12.2. The highest BCUT2D eigenvalue weighted by Gasteiger charge is 2.31. The van der Waals surface area contributed by atoms with Gasteiger partial charge in [-0.1, -0.05) is 18.2 Å². The lowest BCUT2D eigenvalue weighted by Crippen LogP contribution is -2.15. The molecule has 0 aliphatic rings. The minimum Gasteiger partial charge on any atom is -0.279 e. The van der Waals surface area contributed by atoms with E-state index < -0.39 is 26.7 Å². The molecule has 1 N–H and O–H groups in total. The van der Waals surface area contributed by atoms with Crippen LogP contribution in [0.1, 0.15) is 16.7 Å². The first-order chi connectivity index (χ1) is 10.1. The molecule has 0 unspecified atom stereocenters. The molecule has 0 atom stereocenters. The quantitative estimate of drug-likeness (QED) is 0.920. The largest absolute Gasteiger partial charge is 0.416 e. The van der Waals surface area contributed by atoms with Crippen molar-refractivity contribution in [2.75, 3.05) is 4.72 Å². The van der Waals surface area contributed by atoms with Crippen LogP contribution < -0.4 is 4.72 Å². The highest BCUT2D eigenvalue weighted by atomic mass is 32.2. The van der Waals surface area contributed by atoms with Gasteiger partial charge in [0.2, 0.25) is 0 Å². The van der Waals surface area contributed by atoms with Crippen LogP contribution in [0.4, 0.5) is 18.9 Å². The first-order valence-corrected chi connectivity index (χ1v) is 7.86. The Morgan fingerprint density at radius 3 is 2.27 bits per heavy atom. The minimum atomic E-state index is -4.59. The average molecular weight is 329 g/mol. The molecular formula is C15H14F3NO2S. The van der Waals surface area contributed by atoms with Crippen molar-refractivity contribution in [1.82, 2.24) is 0 Å². The molecular weight excluding hydrogens is 315 g/mol. The van der Waals surface area contributed by atoms with Gasteiger partial charge in [0.15, 0.2) is 0 Å². The SMILES string of the molecule is Cc1cccc(NS(=O)(=O)c2cccc(C(F)(F)F)c2)c1C. The molecule has 0 aliphatic heterocycles. The number of sulfonamides is 1. The Labute approximate surface area is 126 Å². The summed E-state index contributed by atoms with van der Waals surface area (Å²) >= 11 is 0. The fraction of sp³-hybridized carbons (Fsp3) is 0.200. The summed E-state index contributed by atoms with van der Waals surface area (Å²) in [6.07, 6.45) is -4.59. The average Bonchev–Trinajstić information content (AvgIpc) is 2.43. The molecule has 0 saturated heterocycles. The lowest BCUT2D eigenvalue weighted by Gasteiger charge is -2.13. The molecule has 2 aromatic carbocycles. The van der Waals surface area contributed by atoms with Crippen molar-refractivity contribution in [2.24, 2.45) is 0 Å². The van der Waals surface area contributed by atoms with Crippen molar-refractivity contribution < 1.29 is 21.6 Å². The summed E-state index contributed by atoms with van der Waals surface area (Å²) in [6, 6.07) is 8.70. The highest BCUT2D eigenvalue weighted by molar-refractivity contribution is 7.92. The molecule has 0 amide bonds. The number of hydrogen-bond acceptors (Lipinski definition) is 2. The number of halogens is 3. The molecule has 7 heteroatoms. The number of nitrogens with one attached hydrogen (secondary N) is 1. The number of alkyl halides is 3. The lowest BCUT2D eigenvalue weighted by molar-refractivity contribution is -0.137. The van der Waals surface area contributed by atoms with Crippen molar-refractivity contribution >= 4 is 15.7 Å². The smallest absolute Gasteiger partial charge is 0.279 e. The van der Waals surface area contributed by atoms with Crippen LogP contribution in [0.2, 0.25) is 0 Å². The van der Waals surface area contributed by atoms with Crippen LogP contribution in [-0.2, 0) is 16.2 Å². The number of aryl methyl sites for hydroxylation is 1. The monoisotopic (exact) mass is 329 g/mol. The van der Waals surface area contributed by atoms with E-state index in [0.717, 1.165) is 29.3 Å². The first-order valence-electron chi connectivity index (χ1n) is 6.37. The predicted octanol–water partition coefficient (Wildman–Crippen LogP) is 4.12. The summed E-state index contributed by atoms with van der Waals surface area (Å²) in [7, 11) is -4.09. The molecule has 0 spiro atoms. The summed E-state index contributed by atoms with van der Waals surface area (Å²) in [6.45, 7) is 3.55. The molecule has 0 aliphatic carbocycles. The van der Waals surface area contributed by atoms with Crippen LogP contribution >= 0.6 is 0 Å². The van der Waals surface area contributed by atoms with Crippen LogP contribution in [0.5, 0.6) is 0 Å². The zero-order valence-corrected chi connectivity index (χ0v) is 12.7. The Bertz CT molecular complexity index is 799. The molecule has 0 aromatic heterocycles. The van der Waals surface area contributed by atoms with Crippen molar-refractivity contribution in [3.63, 3.8) is 0 Å². The van der Waals surface area contributed by atoms with Gasteiger partial charge in [-0.15, -0.1) is 0 Å². The number of benzene rings is 2. The Morgan fingerprint density at radius 2 is 1.64 bits per heavy atom. The van der Waals surface area contributed by atoms with Crippen molar-refractivity contribution in [1.29, 1.82) is 0 Å². The summed E-state index contributed by atoms with van der Waals surface area (Å²) in [5.74, 6) is 0. The third kappa shape index (κ3) is 3.41. The van der Waals surface area contributed by atoms with Crippen LogP contribution in [0, 0.1) is 13.8 Å². The Balaban J connectivity index is 2.41. The molecule has 2 rings (SSSR count). The van der Waals surface area contributed by atoms with Gasteiger partial charge >= 0.3 is 6.18 Å². The van der Waals surface area contributed by atoms with Gasteiger partial charge in [-0.2, -0.15) is 13.2 Å². The van der Waals surface area contributed by atoms with Gasteiger partial charge in [0.1, 0.15) is 0 Å². The van der Waals surface area contributed by atoms with E-state index in [4.69, 9.17) is 0 Å². The van der Waals surface area contributed by atoms with E-state index in [9.17, 15) is 21.6 Å². The molecule has 0 saturated carbocycles. The van der Waals surface area contributed by atoms with Gasteiger partial charge in [-0.3, -0.25) is 4.72 Å². The van der Waals surface area contributed by atoms with Crippen LogP contribution in [0.25, 0.3) is 0 Å². The summed E-state index contributed by atoms with van der Waals surface area (Å²) < 4.78 is 64.9. The minimum absolute atomic E-state index is 0.345. The van der Waals surface area contributed by atoms with E-state index in [1.807, 2.05) is 13.0 Å². The van der Waals surface area contributed by atoms with Crippen LogP contribution in [0.15, 0.2) is 47.4 Å². The van der Waals surface area contributed by atoms with Gasteiger partial charge in [-0.25, -0.2) is 8.42 Å². The van der Waals surface area contributed by atoms with Crippen molar-refractivity contribution in [3.8, 4) is 0 Å². The van der Waals surface area contributed by atoms with E-state index in [-0.39, 0.29) is 0 Å². The number of hydrogen-bond donors (Lipinski definition) is 1. The summed E-state index contributed by atoms with van der Waals surface area (Å²) in [4.78, 5) is -0.428. The fourth-order valence-electron chi connectivity index (χ4n) is 1.90. The predicted molar refractivity (Wildman–Crippen MR) is 78.2 cm³/mol. The molecule has 22 heavy (non-hydrogen) atoms. The van der Waals surface area contributed by atoms with E-state index >= 15 is 0 Å². The maximum Gasteiger partial charge on any atom is 0.416 e. The lowest BCUT2D eigenvalue weighted by atomic mass is 10.1. The van der Waals surface area contributed by atoms with E-state index in [2.05, 4.69) is 4.72 Å². The summed E-state index contributed by atoms with van der Waals surface area (Å²) in [5, 5.41) is 0. The van der Waals surface area contributed by atoms with Crippen molar-refractivity contribution in [2.45, 2.75) is 24.9 Å². The Kier molecular flexibility index (Phi) is 4.19. The molecule has 0 bridgehead atoms. The third-order valence-corrected chi connectivity index (χ3v) is 4.68. The highest BCUT2D eigenvalue weighted by Crippen LogP contribution is 2.31. The maximum absolute atomic E-state index is 12.7. The van der Waals surface area contributed by atoms with Gasteiger partial charge < -0.3 is 0 Å². The molecule has 2 aromatic rings. The Morgan fingerprint density at radius 1 is 1.00 bits per heavy atom. The summed E-state index contributed by atoms with van der Waals surface area (Å²) in [5.41, 5.74) is 0.941. The Hall–Kier alpha value is -2.02. The maximum atomic E-state index is 12.7. The molecule has 0 fully saturated rings. The van der Waals surface area contributed by atoms with E-state index in [0.29, 0.717) is 11.8 Å². The van der Waals surface area contributed by atoms with Gasteiger partial charge in [0.25, 0.3) is 10.0 Å². The first kappa shape index (κ1) is 16.4. The van der Waals surface area contributed by atoms with Gasteiger partial charge in [0, 0.05) is 0 Å². The van der Waals surface area contributed by atoms with E-state index in [1.165, 1.54) is 0 Å². The van der Waals surface area contributed by atoms with Gasteiger partial charge in [-0.05, 0) is 49.2 Å². The zero-order chi connectivity index (χ0) is 16.5. The number of rotatable bonds is 3. The zero-order valence-electron chi connectivity index (χ0n) is 11.9. The van der Waals surface area contributed by atoms with E-state index in [1.54, 1.807) is 19.1 Å². The van der Waals surface area contributed by atoms with Crippen LogP contribution in [0.3, 0.4) is 0 Å².